The number of fused-ring (bicyclic) bond motifs is 8. The molecule has 2 aliphatic heterocycles. The fourth-order valence-electron chi connectivity index (χ4n) is 6.55. The van der Waals surface area contributed by atoms with Gasteiger partial charge in [-0.25, -0.2) is 0 Å². The molecule has 0 unspecified atom stereocenters. The van der Waals surface area contributed by atoms with E-state index in [1.165, 1.54) is 49.7 Å². The summed E-state index contributed by atoms with van der Waals surface area (Å²) in [4.78, 5) is 18.7. The molecule has 0 radical (unpaired) electrons. The third-order valence-corrected chi connectivity index (χ3v) is 7.87. The number of carbonyl (C=O) groups excluding carboxylic acids is 1. The van der Waals surface area contributed by atoms with E-state index in [0.29, 0.717) is 23.7 Å². The number of hydrogen-bond donors (Lipinski definition) is 0. The molecular weight excluding hydrogens is 334 g/mol. The number of amidine groups is 1. The Morgan fingerprint density at radius 1 is 0.963 bits per heavy atom. The topological polar surface area (TPSA) is 45.0 Å². The molecule has 6 atom stereocenters. The zero-order chi connectivity index (χ0) is 18.1. The quantitative estimate of drug-likeness (QED) is 0.740. The average molecular weight is 361 g/mol. The molecule has 1 aromatic rings. The maximum atomic E-state index is 13.5. The van der Waals surface area contributed by atoms with Crippen LogP contribution in [0.5, 0.6) is 0 Å². The van der Waals surface area contributed by atoms with Gasteiger partial charge in [-0.3, -0.25) is 9.79 Å². The number of nitrogens with zero attached hydrogens (tertiary/aromatic N) is 3. The Kier molecular flexibility index (Phi) is 3.42. The second kappa shape index (κ2) is 5.76. The highest BCUT2D eigenvalue weighted by molar-refractivity contribution is 6.12. The van der Waals surface area contributed by atoms with Gasteiger partial charge in [0.05, 0.1) is 17.7 Å². The summed E-state index contributed by atoms with van der Waals surface area (Å²) in [7, 11) is 0. The molecule has 3 aliphatic carbocycles. The summed E-state index contributed by atoms with van der Waals surface area (Å²) < 4.78 is 0. The van der Waals surface area contributed by atoms with Gasteiger partial charge in [0.25, 0.3) is 5.91 Å². The van der Waals surface area contributed by atoms with E-state index in [0.717, 1.165) is 18.0 Å². The van der Waals surface area contributed by atoms with Gasteiger partial charge in [-0.1, -0.05) is 42.7 Å². The van der Waals surface area contributed by atoms with Crippen molar-refractivity contribution in [2.75, 3.05) is 0 Å². The number of aliphatic imine (C=N–C) groups is 1. The van der Waals surface area contributed by atoms with Crippen LogP contribution in [0.4, 0.5) is 0 Å². The number of aryl methyl sites for hydroxylation is 1. The van der Waals surface area contributed by atoms with Gasteiger partial charge in [-0.15, -0.1) is 0 Å². The molecule has 27 heavy (non-hydrogen) atoms. The van der Waals surface area contributed by atoms with Crippen molar-refractivity contribution in [3.8, 4) is 0 Å². The van der Waals surface area contributed by atoms with Crippen molar-refractivity contribution < 1.29 is 4.79 Å². The van der Waals surface area contributed by atoms with Gasteiger partial charge in [0.15, 0.2) is 0 Å². The Balaban J connectivity index is 1.47. The second-order valence-electron chi connectivity index (χ2n) is 9.34. The van der Waals surface area contributed by atoms with Crippen LogP contribution in [0, 0.1) is 36.5 Å². The lowest BCUT2D eigenvalue weighted by atomic mass is 9.72. The monoisotopic (exact) mass is 361 g/mol. The average Bonchev–Trinajstić information content (AvgIpc) is 3.31. The standard InChI is InChI=1S/C23H27N3O/c1-13-6-8-14(9-7-13)20-17-4-2-3-5-18(17)22-24-21-16-11-10-15(12-16)19(21)23(27)26(22)25-20/h6-9,15-19,21H,2-5,10-12H2,1H3/t15-,16+,17-,18+,19-,21+/m0/s1. The van der Waals surface area contributed by atoms with Crippen molar-refractivity contribution in [2.45, 2.75) is 57.9 Å². The van der Waals surface area contributed by atoms with E-state index in [-0.39, 0.29) is 17.9 Å². The number of hydrazone groups is 1. The molecule has 0 aromatic heterocycles. The van der Waals surface area contributed by atoms with Crippen LogP contribution >= 0.6 is 0 Å². The number of benzene rings is 1. The number of rotatable bonds is 1. The Bertz CT molecular complexity index is 855. The molecule has 4 nitrogen and oxygen atoms in total. The predicted octanol–water partition coefficient (Wildman–Crippen LogP) is 4.17. The van der Waals surface area contributed by atoms with E-state index in [1.807, 2.05) is 0 Å². The number of carbonyl (C=O) groups is 1. The van der Waals surface area contributed by atoms with Gasteiger partial charge in [-0.05, 0) is 56.4 Å². The molecule has 1 aromatic carbocycles. The molecule has 140 valence electrons. The molecule has 2 bridgehead atoms. The van der Waals surface area contributed by atoms with Crippen LogP contribution in [-0.2, 0) is 4.79 Å². The van der Waals surface area contributed by atoms with E-state index in [1.54, 1.807) is 5.01 Å². The summed E-state index contributed by atoms with van der Waals surface area (Å²) in [6, 6.07) is 8.92. The van der Waals surface area contributed by atoms with Crippen LogP contribution in [0.3, 0.4) is 0 Å². The summed E-state index contributed by atoms with van der Waals surface area (Å²) in [5.41, 5.74) is 3.56. The summed E-state index contributed by atoms with van der Waals surface area (Å²) in [5, 5.41) is 6.74. The second-order valence-corrected chi connectivity index (χ2v) is 9.34. The molecule has 1 amide bonds. The Labute approximate surface area is 160 Å². The Hall–Kier alpha value is -1.97. The zero-order valence-corrected chi connectivity index (χ0v) is 16.0. The minimum absolute atomic E-state index is 0.0932. The third kappa shape index (κ3) is 2.25. The van der Waals surface area contributed by atoms with Crippen LogP contribution in [0.2, 0.25) is 0 Å². The molecule has 2 heterocycles. The van der Waals surface area contributed by atoms with Crippen LogP contribution in [0.15, 0.2) is 34.4 Å². The molecule has 0 spiro atoms. The lowest BCUT2D eigenvalue weighted by molar-refractivity contribution is -0.135. The van der Waals surface area contributed by atoms with Crippen LogP contribution in [-0.4, -0.2) is 28.5 Å². The minimum Gasteiger partial charge on any atom is -0.272 e. The van der Waals surface area contributed by atoms with E-state index in [2.05, 4.69) is 31.2 Å². The summed E-state index contributed by atoms with van der Waals surface area (Å²) in [6.07, 6.45) is 8.48. The van der Waals surface area contributed by atoms with Gasteiger partial charge in [0.2, 0.25) is 0 Å². The first kappa shape index (κ1) is 16.0. The van der Waals surface area contributed by atoms with Crippen molar-refractivity contribution in [3.63, 3.8) is 0 Å². The van der Waals surface area contributed by atoms with Crippen molar-refractivity contribution >= 4 is 17.5 Å². The third-order valence-electron chi connectivity index (χ3n) is 7.87. The van der Waals surface area contributed by atoms with Gasteiger partial charge in [0.1, 0.15) is 5.84 Å². The summed E-state index contributed by atoms with van der Waals surface area (Å²) in [5.74, 6) is 3.31. The highest BCUT2D eigenvalue weighted by Gasteiger charge is 2.57. The van der Waals surface area contributed by atoms with E-state index >= 15 is 0 Å². The molecule has 3 saturated carbocycles. The molecule has 5 aliphatic rings. The Morgan fingerprint density at radius 2 is 1.70 bits per heavy atom. The predicted molar refractivity (Wildman–Crippen MR) is 106 cm³/mol. The van der Waals surface area contributed by atoms with Crippen molar-refractivity contribution in [1.29, 1.82) is 0 Å². The minimum atomic E-state index is 0.0932. The van der Waals surface area contributed by atoms with Crippen molar-refractivity contribution in [2.24, 2.45) is 39.7 Å². The zero-order valence-electron chi connectivity index (χ0n) is 16.0. The summed E-state index contributed by atoms with van der Waals surface area (Å²) in [6.45, 7) is 2.12. The molecule has 3 fully saturated rings. The molecule has 4 heteroatoms. The van der Waals surface area contributed by atoms with E-state index in [9.17, 15) is 4.79 Å². The first-order chi connectivity index (χ1) is 13.2. The van der Waals surface area contributed by atoms with Gasteiger partial charge < -0.3 is 0 Å². The smallest absolute Gasteiger partial charge is 0.254 e. The first-order valence-electron chi connectivity index (χ1n) is 10.8. The highest BCUT2D eigenvalue weighted by Crippen LogP contribution is 2.53. The summed E-state index contributed by atoms with van der Waals surface area (Å²) >= 11 is 0. The lowest BCUT2D eigenvalue weighted by Crippen LogP contribution is -2.55. The largest absolute Gasteiger partial charge is 0.272 e. The van der Waals surface area contributed by atoms with Gasteiger partial charge in [0, 0.05) is 11.8 Å². The van der Waals surface area contributed by atoms with E-state index < -0.39 is 0 Å². The normalized spacial score (nSPS) is 39.4. The molecule has 0 saturated heterocycles. The van der Waals surface area contributed by atoms with Crippen molar-refractivity contribution in [3.05, 3.63) is 35.4 Å². The lowest BCUT2D eigenvalue weighted by Gasteiger charge is -2.45. The molecular formula is C23H27N3O. The Morgan fingerprint density at radius 3 is 2.52 bits per heavy atom. The number of amides is 1. The van der Waals surface area contributed by atoms with Crippen LogP contribution in [0.25, 0.3) is 0 Å². The first-order valence-corrected chi connectivity index (χ1v) is 10.8. The van der Waals surface area contributed by atoms with Crippen LogP contribution < -0.4 is 0 Å². The number of hydrogen-bond acceptors (Lipinski definition) is 3. The van der Waals surface area contributed by atoms with Crippen LogP contribution in [0.1, 0.15) is 56.1 Å². The molecule has 6 rings (SSSR count). The molecule has 0 N–H and O–H groups in total. The SMILES string of the molecule is Cc1ccc(C2=NN3C(=O)[C@H]4[C@H]5CC[C@H](C5)[C@H]4N=C3[C@@H]3CCCC[C@H]23)cc1. The van der Waals surface area contributed by atoms with Gasteiger partial charge in [-0.2, -0.15) is 10.1 Å². The van der Waals surface area contributed by atoms with E-state index in [4.69, 9.17) is 10.1 Å². The van der Waals surface area contributed by atoms with Crippen molar-refractivity contribution in [1.82, 2.24) is 5.01 Å². The fraction of sp³-hybridized carbons (Fsp3) is 0.609. The van der Waals surface area contributed by atoms with Gasteiger partial charge >= 0.3 is 0 Å². The highest BCUT2D eigenvalue weighted by atomic mass is 16.2. The maximum Gasteiger partial charge on any atom is 0.254 e. The maximum absolute atomic E-state index is 13.5. The fourth-order valence-corrected chi connectivity index (χ4v) is 6.55.